The van der Waals surface area contributed by atoms with E-state index in [2.05, 4.69) is 20.6 Å². The van der Waals surface area contributed by atoms with Crippen LogP contribution >= 0.6 is 35.3 Å². The summed E-state index contributed by atoms with van der Waals surface area (Å²) in [5.74, 6) is -1.10. The van der Waals surface area contributed by atoms with Crippen molar-refractivity contribution >= 4 is 41.3 Å². The molecule has 1 heterocycles. The van der Waals surface area contributed by atoms with Crippen molar-refractivity contribution in [3.8, 4) is 0 Å². The molecular weight excluding hydrogens is 497 g/mol. The van der Waals surface area contributed by atoms with E-state index in [1.54, 1.807) is 0 Å². The maximum atomic E-state index is 12.8. The number of aliphatic imine (C=N–C) groups is 1. The minimum Gasteiger partial charge on any atom is -0.354 e. The summed E-state index contributed by atoms with van der Waals surface area (Å²) >= 11 is 0.854. The predicted octanol–water partition coefficient (Wildman–Crippen LogP) is 4.57. The zero-order valence-electron chi connectivity index (χ0n) is 13.7. The summed E-state index contributed by atoms with van der Waals surface area (Å²) in [6.07, 6.45) is -7.59. The zero-order chi connectivity index (χ0) is 18.7. The van der Waals surface area contributed by atoms with Crippen LogP contribution in [0.1, 0.15) is 36.4 Å². The standard InChI is InChI=1S/C14H18F6N4S.HI/c1-21-12(22-6-11-24-10(7-25-11)14(18,19)20)23-9-4-2-3-8(5-9)13(15,16)17;/h7-9H,2-6H2,1H3,(H2,21,22,23);1H. The highest BCUT2D eigenvalue weighted by atomic mass is 127. The van der Waals surface area contributed by atoms with Crippen LogP contribution in [0, 0.1) is 5.92 Å². The molecule has 1 aliphatic carbocycles. The monoisotopic (exact) mass is 516 g/mol. The van der Waals surface area contributed by atoms with Crippen molar-refractivity contribution in [3.63, 3.8) is 0 Å². The molecule has 0 aromatic carbocycles. The molecule has 1 fully saturated rings. The van der Waals surface area contributed by atoms with Crippen molar-refractivity contribution in [3.05, 3.63) is 16.1 Å². The molecule has 4 nitrogen and oxygen atoms in total. The highest BCUT2D eigenvalue weighted by Crippen LogP contribution is 2.37. The molecule has 12 heteroatoms. The zero-order valence-corrected chi connectivity index (χ0v) is 16.9. The number of guanidine groups is 1. The van der Waals surface area contributed by atoms with Gasteiger partial charge in [0.15, 0.2) is 11.7 Å². The van der Waals surface area contributed by atoms with Crippen LogP contribution in [-0.4, -0.2) is 30.2 Å². The van der Waals surface area contributed by atoms with Gasteiger partial charge in [0.25, 0.3) is 0 Å². The molecule has 150 valence electrons. The number of rotatable bonds is 3. The third-order valence-corrected chi connectivity index (χ3v) is 4.80. The number of hydrogen-bond acceptors (Lipinski definition) is 3. The Morgan fingerprint density at radius 3 is 2.50 bits per heavy atom. The fourth-order valence-corrected chi connectivity index (χ4v) is 3.43. The minimum absolute atomic E-state index is 0. The van der Waals surface area contributed by atoms with Gasteiger partial charge in [0.2, 0.25) is 0 Å². The molecule has 0 saturated heterocycles. The maximum Gasteiger partial charge on any atom is 0.434 e. The maximum absolute atomic E-state index is 12.8. The Labute approximate surface area is 167 Å². The van der Waals surface area contributed by atoms with E-state index in [1.807, 2.05) is 0 Å². The van der Waals surface area contributed by atoms with E-state index in [0.717, 1.165) is 16.7 Å². The van der Waals surface area contributed by atoms with E-state index in [-0.39, 0.29) is 60.4 Å². The van der Waals surface area contributed by atoms with Crippen LogP contribution in [0.15, 0.2) is 10.4 Å². The molecule has 0 amide bonds. The number of aromatic nitrogens is 1. The molecule has 0 aliphatic heterocycles. The quantitative estimate of drug-likeness (QED) is 0.268. The van der Waals surface area contributed by atoms with E-state index < -0.39 is 24.0 Å². The topological polar surface area (TPSA) is 49.3 Å². The average molecular weight is 516 g/mol. The molecule has 1 aliphatic rings. The Morgan fingerprint density at radius 2 is 1.96 bits per heavy atom. The second kappa shape index (κ2) is 9.42. The lowest BCUT2D eigenvalue weighted by Gasteiger charge is -2.31. The first kappa shape index (κ1) is 23.2. The number of thiazole rings is 1. The Balaban J connectivity index is 0.00000338. The number of nitrogens with one attached hydrogen (secondary N) is 2. The van der Waals surface area contributed by atoms with Crippen molar-refractivity contribution in [1.29, 1.82) is 0 Å². The first-order chi connectivity index (χ1) is 11.6. The van der Waals surface area contributed by atoms with Crippen LogP contribution < -0.4 is 10.6 Å². The van der Waals surface area contributed by atoms with E-state index in [0.29, 0.717) is 12.8 Å². The molecule has 2 unspecified atom stereocenters. The lowest BCUT2D eigenvalue weighted by Crippen LogP contribution is -2.46. The fourth-order valence-electron chi connectivity index (χ4n) is 2.69. The van der Waals surface area contributed by atoms with Gasteiger partial charge in [-0.1, -0.05) is 6.42 Å². The Hall–Kier alpha value is -0.790. The molecule has 0 bridgehead atoms. The van der Waals surface area contributed by atoms with Crippen molar-refractivity contribution < 1.29 is 26.3 Å². The Kier molecular flexibility index (Phi) is 8.42. The molecule has 0 spiro atoms. The van der Waals surface area contributed by atoms with Crippen molar-refractivity contribution in [2.75, 3.05) is 7.05 Å². The summed E-state index contributed by atoms with van der Waals surface area (Å²) in [7, 11) is 1.45. The van der Waals surface area contributed by atoms with Gasteiger partial charge in [-0.15, -0.1) is 35.3 Å². The van der Waals surface area contributed by atoms with E-state index in [4.69, 9.17) is 0 Å². The van der Waals surface area contributed by atoms with Crippen LogP contribution in [0.2, 0.25) is 0 Å². The van der Waals surface area contributed by atoms with E-state index in [1.165, 1.54) is 7.05 Å². The van der Waals surface area contributed by atoms with Crippen LogP contribution in [-0.2, 0) is 12.7 Å². The van der Waals surface area contributed by atoms with Crippen LogP contribution in [0.4, 0.5) is 26.3 Å². The molecule has 2 atom stereocenters. The van der Waals surface area contributed by atoms with Gasteiger partial charge < -0.3 is 10.6 Å². The van der Waals surface area contributed by atoms with Crippen LogP contribution in [0.5, 0.6) is 0 Å². The highest BCUT2D eigenvalue weighted by Gasteiger charge is 2.42. The van der Waals surface area contributed by atoms with Crippen molar-refractivity contribution in [2.45, 2.75) is 50.6 Å². The van der Waals surface area contributed by atoms with Gasteiger partial charge in [0.1, 0.15) is 5.01 Å². The van der Waals surface area contributed by atoms with E-state index >= 15 is 0 Å². The third-order valence-electron chi connectivity index (χ3n) is 3.95. The minimum atomic E-state index is -4.50. The summed E-state index contributed by atoms with van der Waals surface area (Å²) in [6.45, 7) is 0.00976. The SMILES string of the molecule is CN=C(NCc1nc(C(F)(F)F)cs1)NC1CCCC(C(F)(F)F)C1.I. The summed E-state index contributed by atoms with van der Waals surface area (Å²) in [5.41, 5.74) is -0.961. The van der Waals surface area contributed by atoms with Crippen molar-refractivity contribution in [2.24, 2.45) is 10.9 Å². The second-order valence-corrected chi connectivity index (χ2v) is 6.74. The van der Waals surface area contributed by atoms with Crippen LogP contribution in [0.3, 0.4) is 0 Å². The van der Waals surface area contributed by atoms with Gasteiger partial charge in [-0.25, -0.2) is 4.98 Å². The molecular formula is C14H19F6IN4S. The lowest BCUT2D eigenvalue weighted by atomic mass is 9.85. The number of halogens is 7. The van der Waals surface area contributed by atoms with Gasteiger partial charge in [-0.05, 0) is 19.3 Å². The van der Waals surface area contributed by atoms with Gasteiger partial charge in [-0.2, -0.15) is 26.3 Å². The summed E-state index contributed by atoms with van der Waals surface area (Å²) in [4.78, 5) is 7.39. The first-order valence-corrected chi connectivity index (χ1v) is 8.53. The smallest absolute Gasteiger partial charge is 0.354 e. The summed E-state index contributed by atoms with van der Waals surface area (Å²) < 4.78 is 76.0. The first-order valence-electron chi connectivity index (χ1n) is 7.65. The highest BCUT2D eigenvalue weighted by molar-refractivity contribution is 14.0. The largest absolute Gasteiger partial charge is 0.434 e. The molecule has 2 rings (SSSR count). The van der Waals surface area contributed by atoms with Gasteiger partial charge >= 0.3 is 12.4 Å². The van der Waals surface area contributed by atoms with E-state index in [9.17, 15) is 26.3 Å². The second-order valence-electron chi connectivity index (χ2n) is 5.80. The summed E-state index contributed by atoms with van der Waals surface area (Å²) in [6, 6.07) is -0.381. The Morgan fingerprint density at radius 1 is 1.27 bits per heavy atom. The predicted molar refractivity (Wildman–Crippen MR) is 97.7 cm³/mol. The number of alkyl halides is 6. The third kappa shape index (κ3) is 6.74. The normalized spacial score (nSPS) is 21.9. The Bertz CT molecular complexity index is 601. The average Bonchev–Trinajstić information content (AvgIpc) is 3.00. The number of hydrogen-bond donors (Lipinski definition) is 2. The lowest BCUT2D eigenvalue weighted by molar-refractivity contribution is -0.183. The molecule has 1 aromatic heterocycles. The van der Waals surface area contributed by atoms with Crippen LogP contribution in [0.25, 0.3) is 0 Å². The fraction of sp³-hybridized carbons (Fsp3) is 0.714. The number of nitrogens with zero attached hydrogens (tertiary/aromatic N) is 2. The van der Waals surface area contributed by atoms with Gasteiger partial charge in [0, 0.05) is 18.5 Å². The summed E-state index contributed by atoms with van der Waals surface area (Å²) in [5, 5.41) is 6.83. The molecule has 1 saturated carbocycles. The van der Waals surface area contributed by atoms with Gasteiger partial charge in [0.05, 0.1) is 12.5 Å². The molecule has 26 heavy (non-hydrogen) atoms. The molecule has 2 N–H and O–H groups in total. The van der Waals surface area contributed by atoms with Crippen molar-refractivity contribution in [1.82, 2.24) is 15.6 Å². The molecule has 1 aromatic rings. The molecule has 0 radical (unpaired) electrons. The van der Waals surface area contributed by atoms with Gasteiger partial charge in [-0.3, -0.25) is 4.99 Å².